The van der Waals surface area contributed by atoms with Crippen LogP contribution < -0.4 is 5.32 Å². The molecule has 0 aliphatic heterocycles. The first-order valence-electron chi connectivity index (χ1n) is 4.93. The lowest BCUT2D eigenvalue weighted by atomic mass is 9.97. The summed E-state index contributed by atoms with van der Waals surface area (Å²) < 4.78 is 4.69. The highest BCUT2D eigenvalue weighted by atomic mass is 16.5. The SMILES string of the molecule is COC(CNC(=O)C(C)C(C)C)C(=O)O. The lowest BCUT2D eigenvalue weighted by Crippen LogP contribution is -2.40. The molecule has 2 N–H and O–H groups in total. The molecule has 0 spiro atoms. The quantitative estimate of drug-likeness (QED) is 0.679. The highest BCUT2D eigenvalue weighted by Crippen LogP contribution is 2.08. The molecule has 2 unspecified atom stereocenters. The fourth-order valence-electron chi connectivity index (χ4n) is 0.928. The van der Waals surface area contributed by atoms with Gasteiger partial charge in [-0.15, -0.1) is 0 Å². The zero-order valence-corrected chi connectivity index (χ0v) is 9.61. The van der Waals surface area contributed by atoms with Gasteiger partial charge in [0.25, 0.3) is 0 Å². The summed E-state index contributed by atoms with van der Waals surface area (Å²) in [5.41, 5.74) is 0. The molecule has 2 atom stereocenters. The van der Waals surface area contributed by atoms with Crippen molar-refractivity contribution in [2.45, 2.75) is 26.9 Å². The Labute approximate surface area is 89.8 Å². The fraction of sp³-hybridized carbons (Fsp3) is 0.800. The second kappa shape index (κ2) is 6.40. The molecular formula is C10H19NO4. The Kier molecular flexibility index (Phi) is 5.93. The number of nitrogens with one attached hydrogen (secondary N) is 1. The van der Waals surface area contributed by atoms with E-state index in [0.717, 1.165) is 0 Å². The first-order valence-corrected chi connectivity index (χ1v) is 4.93. The molecule has 0 aromatic carbocycles. The van der Waals surface area contributed by atoms with Crippen molar-refractivity contribution >= 4 is 11.9 Å². The van der Waals surface area contributed by atoms with Gasteiger partial charge in [0.1, 0.15) is 0 Å². The van der Waals surface area contributed by atoms with Gasteiger partial charge in [0.2, 0.25) is 5.91 Å². The molecule has 0 aliphatic rings. The van der Waals surface area contributed by atoms with E-state index in [1.165, 1.54) is 7.11 Å². The number of amides is 1. The van der Waals surface area contributed by atoms with E-state index in [4.69, 9.17) is 5.11 Å². The van der Waals surface area contributed by atoms with Gasteiger partial charge in [0.05, 0.1) is 6.54 Å². The maximum Gasteiger partial charge on any atom is 0.334 e. The third-order valence-electron chi connectivity index (χ3n) is 2.44. The smallest absolute Gasteiger partial charge is 0.334 e. The van der Waals surface area contributed by atoms with Crippen LogP contribution in [-0.2, 0) is 14.3 Å². The van der Waals surface area contributed by atoms with Gasteiger partial charge in [-0.1, -0.05) is 20.8 Å². The van der Waals surface area contributed by atoms with Crippen LogP contribution in [0.15, 0.2) is 0 Å². The van der Waals surface area contributed by atoms with Crippen LogP contribution in [0.5, 0.6) is 0 Å². The monoisotopic (exact) mass is 217 g/mol. The highest BCUT2D eigenvalue weighted by molar-refractivity contribution is 5.80. The summed E-state index contributed by atoms with van der Waals surface area (Å²) >= 11 is 0. The number of carboxylic acids is 1. The van der Waals surface area contributed by atoms with Crippen LogP contribution >= 0.6 is 0 Å². The van der Waals surface area contributed by atoms with Gasteiger partial charge in [-0.2, -0.15) is 0 Å². The summed E-state index contributed by atoms with van der Waals surface area (Å²) in [4.78, 5) is 22.0. The minimum Gasteiger partial charge on any atom is -0.479 e. The van der Waals surface area contributed by atoms with Gasteiger partial charge in [-0.3, -0.25) is 4.79 Å². The minimum absolute atomic E-state index is 0.00171. The zero-order valence-electron chi connectivity index (χ0n) is 9.61. The van der Waals surface area contributed by atoms with Crippen LogP contribution in [0.3, 0.4) is 0 Å². The van der Waals surface area contributed by atoms with Crippen LogP contribution in [0.25, 0.3) is 0 Å². The number of aliphatic carboxylic acids is 1. The van der Waals surface area contributed by atoms with E-state index in [9.17, 15) is 9.59 Å². The van der Waals surface area contributed by atoms with Crippen molar-refractivity contribution in [3.63, 3.8) is 0 Å². The lowest BCUT2D eigenvalue weighted by Gasteiger charge is -2.17. The number of ether oxygens (including phenoxy) is 1. The van der Waals surface area contributed by atoms with Gasteiger partial charge >= 0.3 is 5.97 Å². The first-order chi connectivity index (χ1) is 6.90. The Morgan fingerprint density at radius 1 is 1.33 bits per heavy atom. The topological polar surface area (TPSA) is 75.6 Å². The van der Waals surface area contributed by atoms with Crippen molar-refractivity contribution in [3.8, 4) is 0 Å². The van der Waals surface area contributed by atoms with Crippen LogP contribution in [0.1, 0.15) is 20.8 Å². The summed E-state index contributed by atoms with van der Waals surface area (Å²) in [5, 5.41) is 11.2. The van der Waals surface area contributed by atoms with Crippen molar-refractivity contribution in [2.75, 3.05) is 13.7 Å². The predicted octanol–water partition coefficient (Wildman–Crippen LogP) is 0.494. The first kappa shape index (κ1) is 13.9. The van der Waals surface area contributed by atoms with Crippen molar-refractivity contribution in [2.24, 2.45) is 11.8 Å². The van der Waals surface area contributed by atoms with E-state index < -0.39 is 12.1 Å². The number of carbonyl (C=O) groups excluding carboxylic acids is 1. The molecule has 0 aliphatic carbocycles. The molecule has 0 saturated carbocycles. The van der Waals surface area contributed by atoms with Gasteiger partial charge in [0.15, 0.2) is 6.10 Å². The lowest BCUT2D eigenvalue weighted by molar-refractivity contribution is -0.148. The van der Waals surface area contributed by atoms with Gasteiger partial charge in [-0.25, -0.2) is 4.79 Å². The molecule has 5 heteroatoms. The van der Waals surface area contributed by atoms with Crippen molar-refractivity contribution in [3.05, 3.63) is 0 Å². The number of hydrogen-bond donors (Lipinski definition) is 2. The van der Waals surface area contributed by atoms with Crippen LogP contribution in [0.2, 0.25) is 0 Å². The zero-order chi connectivity index (χ0) is 12.0. The minimum atomic E-state index is -1.07. The average molecular weight is 217 g/mol. The largest absolute Gasteiger partial charge is 0.479 e. The van der Waals surface area contributed by atoms with E-state index in [0.29, 0.717) is 0 Å². The number of methoxy groups -OCH3 is 1. The number of carbonyl (C=O) groups is 2. The van der Waals surface area contributed by atoms with Gasteiger partial charge < -0.3 is 15.2 Å². The van der Waals surface area contributed by atoms with Crippen molar-refractivity contribution in [1.82, 2.24) is 5.32 Å². The number of rotatable bonds is 6. The molecule has 5 nitrogen and oxygen atoms in total. The summed E-state index contributed by atoms with van der Waals surface area (Å²) in [6, 6.07) is 0. The summed E-state index contributed by atoms with van der Waals surface area (Å²) in [6.45, 7) is 5.69. The Morgan fingerprint density at radius 3 is 2.20 bits per heavy atom. The summed E-state index contributed by atoms with van der Waals surface area (Å²) in [7, 11) is 1.30. The van der Waals surface area contributed by atoms with E-state index >= 15 is 0 Å². The molecule has 1 amide bonds. The van der Waals surface area contributed by atoms with E-state index in [-0.39, 0.29) is 24.3 Å². The highest BCUT2D eigenvalue weighted by Gasteiger charge is 2.20. The molecule has 0 bridgehead atoms. The second-order valence-corrected chi connectivity index (χ2v) is 3.84. The second-order valence-electron chi connectivity index (χ2n) is 3.84. The van der Waals surface area contributed by atoms with Crippen LogP contribution in [0.4, 0.5) is 0 Å². The third-order valence-corrected chi connectivity index (χ3v) is 2.44. The van der Waals surface area contributed by atoms with Crippen LogP contribution in [0, 0.1) is 11.8 Å². The van der Waals surface area contributed by atoms with Gasteiger partial charge in [-0.05, 0) is 5.92 Å². The Hall–Kier alpha value is -1.10. The maximum atomic E-state index is 11.5. The molecule has 0 aromatic rings. The molecule has 0 radical (unpaired) electrons. The van der Waals surface area contributed by atoms with Crippen molar-refractivity contribution < 1.29 is 19.4 Å². The van der Waals surface area contributed by atoms with Crippen LogP contribution in [-0.4, -0.2) is 36.7 Å². The Bertz CT molecular complexity index is 227. The predicted molar refractivity (Wildman–Crippen MR) is 55.4 cm³/mol. The van der Waals surface area contributed by atoms with Crippen molar-refractivity contribution in [1.29, 1.82) is 0 Å². The third kappa shape index (κ3) is 4.78. The molecular weight excluding hydrogens is 198 g/mol. The average Bonchev–Trinajstić information content (AvgIpc) is 2.16. The molecule has 0 saturated heterocycles. The van der Waals surface area contributed by atoms with E-state index in [1.54, 1.807) is 0 Å². The summed E-state index contributed by atoms with van der Waals surface area (Å²) in [5.74, 6) is -1.12. The number of carboxylic acid groups (broad SMARTS) is 1. The van der Waals surface area contributed by atoms with E-state index in [2.05, 4.69) is 10.1 Å². The molecule has 0 heterocycles. The van der Waals surface area contributed by atoms with E-state index in [1.807, 2.05) is 20.8 Å². The van der Waals surface area contributed by atoms with Gasteiger partial charge in [0, 0.05) is 13.0 Å². The fourth-order valence-corrected chi connectivity index (χ4v) is 0.928. The number of hydrogen-bond acceptors (Lipinski definition) is 3. The standard InChI is InChI=1S/C10H19NO4/c1-6(2)7(3)9(12)11-5-8(15-4)10(13)14/h6-8H,5H2,1-4H3,(H,11,12)(H,13,14). The Balaban J connectivity index is 4.04. The normalized spacial score (nSPS) is 14.7. The Morgan fingerprint density at radius 2 is 1.87 bits per heavy atom. The maximum absolute atomic E-state index is 11.5. The summed E-state index contributed by atoms with van der Waals surface area (Å²) in [6.07, 6.45) is -0.978. The molecule has 0 fully saturated rings. The molecule has 88 valence electrons. The molecule has 0 rings (SSSR count). The molecule has 0 aromatic heterocycles. The molecule has 15 heavy (non-hydrogen) atoms.